The number of methoxy groups -OCH3 is 2. The standard InChI is InChI=1S/C35H35N5O5/c1-5-45-33(41)19-29(23-17-31-34(32(18-23)44-4)39(2)38-37-31)26-12-8-9-22-21-40(16-15-25(22)26)35(42)28-11-7-6-10-27(28)30-14-13-24(43-3)20-36-30/h6-14,17-18,20,29H,5,15-16,19,21H2,1-4H3. The van der Waals surface area contributed by atoms with Crippen LogP contribution in [0.2, 0.25) is 0 Å². The molecule has 0 saturated heterocycles. The molecule has 0 saturated carbocycles. The summed E-state index contributed by atoms with van der Waals surface area (Å²) >= 11 is 0. The van der Waals surface area contributed by atoms with Crippen LogP contribution in [-0.2, 0) is 29.5 Å². The Morgan fingerprint density at radius 2 is 1.84 bits per heavy atom. The van der Waals surface area contributed by atoms with E-state index >= 15 is 0 Å². The zero-order valence-electron chi connectivity index (χ0n) is 25.8. The van der Waals surface area contributed by atoms with E-state index in [1.165, 1.54) is 0 Å². The lowest BCUT2D eigenvalue weighted by Crippen LogP contribution is -2.36. The van der Waals surface area contributed by atoms with Crippen LogP contribution >= 0.6 is 0 Å². The SMILES string of the molecule is CCOC(=O)CC(c1cc(OC)c2c(c1)nnn2C)c1cccc2c1CCN(C(=O)c1ccccc1-c1ccc(OC)cn1)C2. The summed E-state index contributed by atoms with van der Waals surface area (Å²) in [7, 11) is 5.03. The van der Waals surface area contributed by atoms with Gasteiger partial charge in [-0.1, -0.05) is 41.6 Å². The van der Waals surface area contributed by atoms with Crippen LogP contribution in [-0.4, -0.2) is 64.1 Å². The van der Waals surface area contributed by atoms with Crippen LogP contribution in [0.3, 0.4) is 0 Å². The Morgan fingerprint density at radius 3 is 2.60 bits per heavy atom. The first-order valence-corrected chi connectivity index (χ1v) is 14.9. The van der Waals surface area contributed by atoms with Crippen LogP contribution in [0.1, 0.15) is 51.9 Å². The Balaban J connectivity index is 1.34. The summed E-state index contributed by atoms with van der Waals surface area (Å²) in [5.74, 6) is 0.649. The molecule has 3 heterocycles. The minimum absolute atomic E-state index is 0.0554. The summed E-state index contributed by atoms with van der Waals surface area (Å²) < 4.78 is 18.1. The van der Waals surface area contributed by atoms with Crippen molar-refractivity contribution in [3.05, 3.63) is 101 Å². The Kier molecular flexibility index (Phi) is 8.46. The molecule has 0 radical (unpaired) electrons. The first-order chi connectivity index (χ1) is 21.9. The molecule has 0 spiro atoms. The Bertz CT molecular complexity index is 1870. The van der Waals surface area contributed by atoms with E-state index in [0.29, 0.717) is 54.4 Å². The van der Waals surface area contributed by atoms with Crippen LogP contribution in [0.5, 0.6) is 11.5 Å². The second-order valence-corrected chi connectivity index (χ2v) is 11.0. The summed E-state index contributed by atoms with van der Waals surface area (Å²) in [5, 5.41) is 8.49. The van der Waals surface area contributed by atoms with Gasteiger partial charge in [-0.05, 0) is 65.9 Å². The third-order valence-corrected chi connectivity index (χ3v) is 8.36. The molecule has 10 heteroatoms. The van der Waals surface area contributed by atoms with E-state index in [1.54, 1.807) is 32.0 Å². The number of esters is 1. The lowest BCUT2D eigenvalue weighted by molar-refractivity contribution is -0.143. The molecule has 0 bridgehead atoms. The van der Waals surface area contributed by atoms with Crippen molar-refractivity contribution in [2.75, 3.05) is 27.4 Å². The monoisotopic (exact) mass is 605 g/mol. The van der Waals surface area contributed by atoms with Gasteiger partial charge < -0.3 is 19.1 Å². The minimum atomic E-state index is -0.302. The second-order valence-electron chi connectivity index (χ2n) is 11.0. The van der Waals surface area contributed by atoms with Gasteiger partial charge in [0.25, 0.3) is 5.91 Å². The fourth-order valence-corrected chi connectivity index (χ4v) is 6.19. The van der Waals surface area contributed by atoms with Crippen LogP contribution < -0.4 is 9.47 Å². The molecule has 10 nitrogen and oxygen atoms in total. The Hall–Kier alpha value is -5.25. The smallest absolute Gasteiger partial charge is 0.306 e. The largest absolute Gasteiger partial charge is 0.495 e. The highest BCUT2D eigenvalue weighted by atomic mass is 16.5. The van der Waals surface area contributed by atoms with Crippen molar-refractivity contribution in [1.29, 1.82) is 0 Å². The molecule has 5 aromatic rings. The number of aryl methyl sites for hydroxylation is 1. The number of hydrogen-bond acceptors (Lipinski definition) is 8. The van der Waals surface area contributed by atoms with Gasteiger partial charge in [0, 0.05) is 37.2 Å². The molecule has 6 rings (SSSR count). The zero-order chi connectivity index (χ0) is 31.5. The van der Waals surface area contributed by atoms with E-state index < -0.39 is 0 Å². The molecule has 1 aliphatic heterocycles. The highest BCUT2D eigenvalue weighted by Crippen LogP contribution is 2.38. The van der Waals surface area contributed by atoms with E-state index in [1.807, 2.05) is 66.5 Å². The first-order valence-electron chi connectivity index (χ1n) is 14.9. The third-order valence-electron chi connectivity index (χ3n) is 8.36. The number of ether oxygens (including phenoxy) is 3. The molecule has 1 atom stereocenters. The number of nitrogens with zero attached hydrogens (tertiary/aromatic N) is 5. The van der Waals surface area contributed by atoms with Crippen LogP contribution in [0.4, 0.5) is 0 Å². The number of pyridine rings is 1. The van der Waals surface area contributed by atoms with Gasteiger partial charge in [0.1, 0.15) is 22.5 Å². The molecule has 230 valence electrons. The van der Waals surface area contributed by atoms with E-state index in [9.17, 15) is 9.59 Å². The van der Waals surface area contributed by atoms with E-state index in [0.717, 1.165) is 33.3 Å². The van der Waals surface area contributed by atoms with Crippen molar-refractivity contribution in [2.24, 2.45) is 7.05 Å². The molecule has 45 heavy (non-hydrogen) atoms. The van der Waals surface area contributed by atoms with Gasteiger partial charge in [0.2, 0.25) is 0 Å². The topological polar surface area (TPSA) is 109 Å². The fourth-order valence-electron chi connectivity index (χ4n) is 6.19. The summed E-state index contributed by atoms with van der Waals surface area (Å²) in [6.45, 7) is 3.09. The number of carbonyl (C=O) groups is 2. The maximum Gasteiger partial charge on any atom is 0.306 e. The summed E-state index contributed by atoms with van der Waals surface area (Å²) in [6.07, 6.45) is 2.45. The van der Waals surface area contributed by atoms with Crippen molar-refractivity contribution in [3.8, 4) is 22.8 Å². The van der Waals surface area contributed by atoms with Gasteiger partial charge >= 0.3 is 5.97 Å². The number of fused-ring (bicyclic) bond motifs is 2. The molecule has 1 unspecified atom stereocenters. The van der Waals surface area contributed by atoms with Crippen molar-refractivity contribution in [1.82, 2.24) is 24.9 Å². The third kappa shape index (κ3) is 5.83. The Labute approximate surface area is 261 Å². The van der Waals surface area contributed by atoms with Gasteiger partial charge in [-0.15, -0.1) is 5.10 Å². The maximum atomic E-state index is 14.0. The van der Waals surface area contributed by atoms with Crippen molar-refractivity contribution < 1.29 is 23.8 Å². The lowest BCUT2D eigenvalue weighted by atomic mass is 9.81. The number of hydrogen-bond donors (Lipinski definition) is 0. The van der Waals surface area contributed by atoms with Crippen LogP contribution in [0.15, 0.2) is 72.9 Å². The van der Waals surface area contributed by atoms with Crippen LogP contribution in [0, 0.1) is 0 Å². The summed E-state index contributed by atoms with van der Waals surface area (Å²) in [5.41, 5.74) is 7.65. The number of rotatable bonds is 9. The quantitative estimate of drug-likeness (QED) is 0.208. The number of carbonyl (C=O) groups excluding carboxylic acids is 2. The highest BCUT2D eigenvalue weighted by molar-refractivity contribution is 6.00. The summed E-state index contributed by atoms with van der Waals surface area (Å²) in [6, 6.07) is 21.3. The van der Waals surface area contributed by atoms with Gasteiger partial charge in [0.15, 0.2) is 0 Å². The van der Waals surface area contributed by atoms with Crippen LogP contribution in [0.25, 0.3) is 22.3 Å². The van der Waals surface area contributed by atoms with Gasteiger partial charge in [0.05, 0.1) is 39.1 Å². The minimum Gasteiger partial charge on any atom is -0.495 e. The number of amides is 1. The van der Waals surface area contributed by atoms with E-state index in [4.69, 9.17) is 14.2 Å². The molecular weight excluding hydrogens is 570 g/mol. The Morgan fingerprint density at radius 1 is 1.00 bits per heavy atom. The predicted molar refractivity (Wildman–Crippen MR) is 169 cm³/mol. The van der Waals surface area contributed by atoms with E-state index in [2.05, 4.69) is 27.4 Å². The zero-order valence-corrected chi connectivity index (χ0v) is 25.8. The molecule has 0 aliphatic carbocycles. The average Bonchev–Trinajstić information content (AvgIpc) is 3.46. The predicted octanol–water partition coefficient (Wildman–Crippen LogP) is 5.33. The average molecular weight is 606 g/mol. The molecule has 2 aromatic heterocycles. The molecule has 3 aromatic carbocycles. The molecule has 1 amide bonds. The van der Waals surface area contributed by atoms with Gasteiger partial charge in [-0.3, -0.25) is 14.6 Å². The van der Waals surface area contributed by atoms with Crippen molar-refractivity contribution in [3.63, 3.8) is 0 Å². The molecular formula is C35H35N5O5. The highest BCUT2D eigenvalue weighted by Gasteiger charge is 2.29. The maximum absolute atomic E-state index is 14.0. The molecule has 0 N–H and O–H groups in total. The first kappa shape index (κ1) is 29.8. The summed E-state index contributed by atoms with van der Waals surface area (Å²) in [4.78, 5) is 33.3. The fraction of sp³-hybridized carbons (Fsp3) is 0.286. The van der Waals surface area contributed by atoms with Crippen molar-refractivity contribution >= 4 is 22.9 Å². The lowest BCUT2D eigenvalue weighted by Gasteiger charge is -2.32. The van der Waals surface area contributed by atoms with E-state index in [-0.39, 0.29) is 24.2 Å². The number of benzene rings is 3. The second kappa shape index (κ2) is 12.8. The molecule has 1 aliphatic rings. The normalized spacial score (nSPS) is 13.3. The van der Waals surface area contributed by atoms with Gasteiger partial charge in [-0.2, -0.15) is 0 Å². The van der Waals surface area contributed by atoms with Crippen molar-refractivity contribution in [2.45, 2.75) is 32.2 Å². The van der Waals surface area contributed by atoms with Gasteiger partial charge in [-0.25, -0.2) is 4.68 Å². The number of aromatic nitrogens is 4. The molecule has 0 fully saturated rings.